The van der Waals surface area contributed by atoms with Crippen LogP contribution < -0.4 is 4.90 Å². The fraction of sp³-hybridized carbons (Fsp3) is 0.455. The first-order valence-corrected chi connectivity index (χ1v) is 4.94. The minimum atomic E-state index is -0.0394. The maximum Gasteiger partial charge on any atom is 0.159 e. The zero-order valence-corrected chi connectivity index (χ0v) is 8.91. The summed E-state index contributed by atoms with van der Waals surface area (Å²) in [5.74, 6) is -0.0634. The molecule has 3 nitrogen and oxygen atoms in total. The molecule has 0 atom stereocenters. The van der Waals surface area contributed by atoms with Gasteiger partial charge in [-0.2, -0.15) is 0 Å². The normalized spacial score (nSPS) is 13.2. The van der Waals surface area contributed by atoms with Crippen molar-refractivity contribution in [1.29, 1.82) is 0 Å². The Morgan fingerprint density at radius 3 is 2.36 bits per heavy atom. The predicted molar refractivity (Wildman–Crippen MR) is 58.1 cm³/mol. The lowest BCUT2D eigenvalue weighted by Gasteiger charge is -2.11. The van der Waals surface area contributed by atoms with Gasteiger partial charge in [0.2, 0.25) is 0 Å². The number of likely N-dealkylation sites (N-methyl/N-ethyl adjacent to an activating group) is 1. The SMILES string of the molecule is CC.CN1CCc2cc(O)c(O)cc21. The first kappa shape index (κ1) is 10.7. The predicted octanol–water partition coefficient (Wildman–Crippen LogP) is 2.12. The van der Waals surface area contributed by atoms with E-state index in [9.17, 15) is 10.2 Å². The van der Waals surface area contributed by atoms with E-state index < -0.39 is 0 Å². The van der Waals surface area contributed by atoms with Crippen molar-refractivity contribution in [3.05, 3.63) is 17.7 Å². The third-order valence-electron chi connectivity index (χ3n) is 2.30. The highest BCUT2D eigenvalue weighted by atomic mass is 16.3. The van der Waals surface area contributed by atoms with Gasteiger partial charge < -0.3 is 15.1 Å². The summed E-state index contributed by atoms with van der Waals surface area (Å²) >= 11 is 0. The quantitative estimate of drug-likeness (QED) is 0.623. The van der Waals surface area contributed by atoms with Crippen LogP contribution in [-0.4, -0.2) is 23.8 Å². The topological polar surface area (TPSA) is 43.7 Å². The van der Waals surface area contributed by atoms with Gasteiger partial charge in [-0.25, -0.2) is 0 Å². The molecule has 78 valence electrons. The monoisotopic (exact) mass is 195 g/mol. The Bertz CT molecular complexity index is 323. The third kappa shape index (κ3) is 1.76. The third-order valence-corrected chi connectivity index (χ3v) is 2.30. The van der Waals surface area contributed by atoms with Crippen LogP contribution in [0.1, 0.15) is 19.4 Å². The highest BCUT2D eigenvalue weighted by molar-refractivity contribution is 5.63. The molecule has 1 aromatic carbocycles. The molecule has 2 rings (SSSR count). The number of benzene rings is 1. The summed E-state index contributed by atoms with van der Waals surface area (Å²) < 4.78 is 0. The number of fused-ring (bicyclic) bond motifs is 1. The lowest BCUT2D eigenvalue weighted by atomic mass is 10.1. The van der Waals surface area contributed by atoms with Crippen molar-refractivity contribution in [3.63, 3.8) is 0 Å². The number of hydrogen-bond donors (Lipinski definition) is 2. The summed E-state index contributed by atoms with van der Waals surface area (Å²) in [6.07, 6.45) is 0.944. The van der Waals surface area contributed by atoms with Crippen LogP contribution in [0.3, 0.4) is 0 Å². The molecule has 0 unspecified atom stereocenters. The average Bonchev–Trinajstić information content (AvgIpc) is 2.53. The molecule has 0 aliphatic carbocycles. The smallest absolute Gasteiger partial charge is 0.159 e. The molecule has 0 saturated heterocycles. The first-order chi connectivity index (χ1) is 6.68. The van der Waals surface area contributed by atoms with E-state index in [2.05, 4.69) is 4.90 Å². The Hall–Kier alpha value is -1.38. The van der Waals surface area contributed by atoms with Gasteiger partial charge in [0.15, 0.2) is 11.5 Å². The van der Waals surface area contributed by atoms with Crippen molar-refractivity contribution in [2.75, 3.05) is 18.5 Å². The fourth-order valence-corrected chi connectivity index (χ4v) is 1.57. The molecule has 2 N–H and O–H groups in total. The highest BCUT2D eigenvalue weighted by Gasteiger charge is 2.17. The molecule has 0 radical (unpaired) electrons. The largest absolute Gasteiger partial charge is 0.504 e. The van der Waals surface area contributed by atoms with Crippen LogP contribution in [-0.2, 0) is 6.42 Å². The van der Waals surface area contributed by atoms with E-state index in [0.717, 1.165) is 24.2 Å². The second-order valence-electron chi connectivity index (χ2n) is 3.14. The fourth-order valence-electron chi connectivity index (χ4n) is 1.57. The first-order valence-electron chi connectivity index (χ1n) is 4.94. The Morgan fingerprint density at radius 2 is 1.71 bits per heavy atom. The van der Waals surface area contributed by atoms with Crippen molar-refractivity contribution >= 4 is 5.69 Å². The van der Waals surface area contributed by atoms with E-state index in [1.54, 1.807) is 12.1 Å². The number of phenolic OH excluding ortho intramolecular Hbond substituents is 2. The second kappa shape index (κ2) is 4.22. The van der Waals surface area contributed by atoms with Crippen LogP contribution >= 0.6 is 0 Å². The molecule has 1 aliphatic rings. The summed E-state index contributed by atoms with van der Waals surface area (Å²) in [4.78, 5) is 2.06. The van der Waals surface area contributed by atoms with Crippen molar-refractivity contribution in [3.8, 4) is 11.5 Å². The molecule has 1 aromatic rings. The van der Waals surface area contributed by atoms with Gasteiger partial charge >= 0.3 is 0 Å². The maximum absolute atomic E-state index is 9.22. The van der Waals surface area contributed by atoms with Crippen molar-refractivity contribution < 1.29 is 10.2 Å². The Balaban J connectivity index is 0.000000461. The minimum Gasteiger partial charge on any atom is -0.504 e. The molecule has 14 heavy (non-hydrogen) atoms. The Morgan fingerprint density at radius 1 is 1.14 bits per heavy atom. The van der Waals surface area contributed by atoms with Gasteiger partial charge in [0.25, 0.3) is 0 Å². The molecular formula is C11H17NO2. The van der Waals surface area contributed by atoms with Crippen molar-refractivity contribution in [2.45, 2.75) is 20.3 Å². The molecule has 0 spiro atoms. The summed E-state index contributed by atoms with van der Waals surface area (Å²) in [5.41, 5.74) is 2.12. The number of anilines is 1. The Labute approximate surface area is 84.6 Å². The number of hydrogen-bond acceptors (Lipinski definition) is 3. The summed E-state index contributed by atoms with van der Waals surface area (Å²) in [6, 6.07) is 3.24. The van der Waals surface area contributed by atoms with E-state index in [4.69, 9.17) is 0 Å². The van der Waals surface area contributed by atoms with E-state index in [1.165, 1.54) is 0 Å². The number of phenols is 2. The maximum atomic E-state index is 9.22. The molecule has 1 heterocycles. The average molecular weight is 195 g/mol. The Kier molecular flexibility index (Phi) is 3.23. The van der Waals surface area contributed by atoms with Gasteiger partial charge in [0.05, 0.1) is 0 Å². The molecule has 1 aliphatic heterocycles. The highest BCUT2D eigenvalue weighted by Crippen LogP contribution is 2.36. The lowest BCUT2D eigenvalue weighted by molar-refractivity contribution is 0.403. The molecule has 0 amide bonds. The van der Waals surface area contributed by atoms with Crippen LogP contribution in [0.4, 0.5) is 5.69 Å². The van der Waals surface area contributed by atoms with E-state index >= 15 is 0 Å². The summed E-state index contributed by atoms with van der Waals surface area (Å²) in [5, 5.41) is 18.4. The number of nitrogens with zero attached hydrogens (tertiary/aromatic N) is 1. The second-order valence-corrected chi connectivity index (χ2v) is 3.14. The van der Waals surface area contributed by atoms with Gasteiger partial charge in [-0.15, -0.1) is 0 Å². The van der Waals surface area contributed by atoms with Crippen LogP contribution in [0, 0.1) is 0 Å². The van der Waals surface area contributed by atoms with E-state index in [1.807, 2.05) is 20.9 Å². The molecule has 0 saturated carbocycles. The zero-order chi connectivity index (χ0) is 10.7. The number of aromatic hydroxyl groups is 2. The molecular weight excluding hydrogens is 178 g/mol. The van der Waals surface area contributed by atoms with Gasteiger partial charge in [0.1, 0.15) is 0 Å². The molecule has 0 bridgehead atoms. The van der Waals surface area contributed by atoms with Gasteiger partial charge in [0, 0.05) is 25.3 Å². The van der Waals surface area contributed by atoms with Crippen LogP contribution in [0.2, 0.25) is 0 Å². The minimum absolute atomic E-state index is 0.0240. The molecule has 0 aromatic heterocycles. The zero-order valence-electron chi connectivity index (χ0n) is 8.91. The van der Waals surface area contributed by atoms with Crippen LogP contribution in [0.15, 0.2) is 12.1 Å². The van der Waals surface area contributed by atoms with Gasteiger partial charge in [-0.1, -0.05) is 13.8 Å². The van der Waals surface area contributed by atoms with Crippen molar-refractivity contribution in [2.24, 2.45) is 0 Å². The summed E-state index contributed by atoms with van der Waals surface area (Å²) in [6.45, 7) is 4.96. The van der Waals surface area contributed by atoms with E-state index in [0.29, 0.717) is 0 Å². The summed E-state index contributed by atoms with van der Waals surface area (Å²) in [7, 11) is 1.97. The van der Waals surface area contributed by atoms with Gasteiger partial charge in [-0.3, -0.25) is 0 Å². The lowest BCUT2D eigenvalue weighted by Crippen LogP contribution is -2.12. The molecule has 3 heteroatoms. The number of rotatable bonds is 0. The standard InChI is InChI=1S/C9H11NO2.C2H6/c1-10-3-2-6-4-8(11)9(12)5-7(6)10;1-2/h4-5,11-12H,2-3H2,1H3;1-2H3. The van der Waals surface area contributed by atoms with Crippen LogP contribution in [0.5, 0.6) is 11.5 Å². The van der Waals surface area contributed by atoms with E-state index in [-0.39, 0.29) is 11.5 Å². The van der Waals surface area contributed by atoms with Crippen LogP contribution in [0.25, 0.3) is 0 Å². The van der Waals surface area contributed by atoms with Crippen molar-refractivity contribution in [1.82, 2.24) is 0 Å². The van der Waals surface area contributed by atoms with Gasteiger partial charge in [-0.05, 0) is 18.1 Å². The molecule has 0 fully saturated rings.